The maximum atomic E-state index is 13.9. The number of Topliss-reactive ketones (excluding diaryl/α,β-unsaturated/α-hetero) is 1. The maximum absolute atomic E-state index is 13.9. The molecule has 3 aliphatic rings. The standard InChI is InChI=1S/C26H26ClN3O5/c1-28-20-6-3-2-5-19(20)26(25(28)34)21(22(31)17-7-9-18(27)10-8-17)23(32)24(33)30(26)12-4-11-29-13-15-35-16-14-29/h2-3,5-10,31H,4,11-16H2,1H3. The van der Waals surface area contributed by atoms with Gasteiger partial charge in [-0.05, 0) is 36.8 Å². The third-order valence-electron chi connectivity index (χ3n) is 7.02. The van der Waals surface area contributed by atoms with E-state index in [-0.39, 0.29) is 12.1 Å². The topological polar surface area (TPSA) is 90.4 Å². The van der Waals surface area contributed by atoms with E-state index in [1.54, 1.807) is 55.6 Å². The molecule has 3 heterocycles. The van der Waals surface area contributed by atoms with E-state index in [9.17, 15) is 19.5 Å². The first-order valence-electron chi connectivity index (χ1n) is 11.6. The number of aliphatic hydroxyl groups is 1. The fourth-order valence-corrected chi connectivity index (χ4v) is 5.43. The normalized spacial score (nSPS) is 24.0. The summed E-state index contributed by atoms with van der Waals surface area (Å²) in [6, 6.07) is 13.4. The number of ether oxygens (including phenoxy) is 1. The molecule has 35 heavy (non-hydrogen) atoms. The Labute approximate surface area is 208 Å². The van der Waals surface area contributed by atoms with Crippen LogP contribution in [0.1, 0.15) is 17.5 Å². The van der Waals surface area contributed by atoms with E-state index in [1.165, 1.54) is 9.80 Å². The van der Waals surface area contributed by atoms with Crippen LogP contribution in [0.15, 0.2) is 54.1 Å². The molecule has 2 saturated heterocycles. The second kappa shape index (κ2) is 9.11. The molecule has 1 N–H and O–H groups in total. The maximum Gasteiger partial charge on any atom is 0.296 e. The third-order valence-corrected chi connectivity index (χ3v) is 7.27. The Balaban J connectivity index is 1.63. The number of anilines is 1. The smallest absolute Gasteiger partial charge is 0.296 e. The highest BCUT2D eigenvalue weighted by Crippen LogP contribution is 2.53. The molecule has 1 atom stereocenters. The summed E-state index contributed by atoms with van der Waals surface area (Å²) in [5.41, 5.74) is -0.528. The molecule has 3 aliphatic heterocycles. The van der Waals surface area contributed by atoms with Crippen molar-refractivity contribution in [3.8, 4) is 0 Å². The van der Waals surface area contributed by atoms with Crippen LogP contribution in [0.4, 0.5) is 5.69 Å². The number of hydrogen-bond acceptors (Lipinski definition) is 6. The summed E-state index contributed by atoms with van der Waals surface area (Å²) in [7, 11) is 1.62. The highest BCUT2D eigenvalue weighted by atomic mass is 35.5. The predicted octanol–water partition coefficient (Wildman–Crippen LogP) is 2.61. The Morgan fingerprint density at radius 1 is 1.03 bits per heavy atom. The number of morpholine rings is 1. The summed E-state index contributed by atoms with van der Waals surface area (Å²) in [6.45, 7) is 3.79. The van der Waals surface area contributed by atoms with E-state index in [2.05, 4.69) is 4.90 Å². The van der Waals surface area contributed by atoms with Gasteiger partial charge in [-0.15, -0.1) is 0 Å². The van der Waals surface area contributed by atoms with Gasteiger partial charge in [0.2, 0.25) is 0 Å². The van der Waals surface area contributed by atoms with E-state index < -0.39 is 28.9 Å². The van der Waals surface area contributed by atoms with Gasteiger partial charge in [-0.2, -0.15) is 0 Å². The first-order valence-corrected chi connectivity index (χ1v) is 12.0. The van der Waals surface area contributed by atoms with E-state index in [0.29, 0.717) is 48.0 Å². The van der Waals surface area contributed by atoms with Crippen molar-refractivity contribution in [2.75, 3.05) is 51.3 Å². The number of likely N-dealkylation sites (tertiary alicyclic amines) is 1. The van der Waals surface area contributed by atoms with Crippen LogP contribution < -0.4 is 4.90 Å². The number of halogens is 1. The minimum Gasteiger partial charge on any atom is -0.507 e. The molecule has 1 unspecified atom stereocenters. The Morgan fingerprint density at radius 3 is 2.43 bits per heavy atom. The summed E-state index contributed by atoms with van der Waals surface area (Å²) in [6.07, 6.45) is 0.564. The molecule has 2 fully saturated rings. The first kappa shape index (κ1) is 23.5. The molecule has 8 nitrogen and oxygen atoms in total. The fourth-order valence-electron chi connectivity index (χ4n) is 5.30. The molecule has 0 saturated carbocycles. The van der Waals surface area contributed by atoms with Gasteiger partial charge in [0.1, 0.15) is 5.76 Å². The van der Waals surface area contributed by atoms with Crippen molar-refractivity contribution in [2.24, 2.45) is 0 Å². The molecule has 0 bridgehead atoms. The average Bonchev–Trinajstić information content (AvgIpc) is 3.23. The molecular weight excluding hydrogens is 470 g/mol. The number of nitrogens with zero attached hydrogens (tertiary/aromatic N) is 3. The second-order valence-corrected chi connectivity index (χ2v) is 9.35. The number of aliphatic hydroxyl groups excluding tert-OH is 1. The highest BCUT2D eigenvalue weighted by molar-refractivity contribution is 6.50. The van der Waals surface area contributed by atoms with Gasteiger partial charge in [0, 0.05) is 55.1 Å². The van der Waals surface area contributed by atoms with Crippen molar-refractivity contribution in [3.63, 3.8) is 0 Å². The Kier molecular flexibility index (Phi) is 6.13. The van der Waals surface area contributed by atoms with Crippen LogP contribution in [0, 0.1) is 0 Å². The molecule has 9 heteroatoms. The van der Waals surface area contributed by atoms with Crippen LogP contribution in [0.5, 0.6) is 0 Å². The summed E-state index contributed by atoms with van der Waals surface area (Å²) < 4.78 is 5.40. The number of rotatable bonds is 5. The summed E-state index contributed by atoms with van der Waals surface area (Å²) in [4.78, 5) is 45.8. The number of amides is 2. The van der Waals surface area contributed by atoms with E-state index >= 15 is 0 Å². The van der Waals surface area contributed by atoms with E-state index in [1.807, 2.05) is 0 Å². The number of carbonyl (C=O) groups excluding carboxylic acids is 3. The molecule has 5 rings (SSSR count). The lowest BCUT2D eigenvalue weighted by Gasteiger charge is -2.35. The number of likely N-dealkylation sites (N-methyl/N-ethyl adjacent to an activating group) is 1. The first-order chi connectivity index (χ1) is 16.9. The van der Waals surface area contributed by atoms with Crippen molar-refractivity contribution in [3.05, 3.63) is 70.3 Å². The van der Waals surface area contributed by atoms with Gasteiger partial charge in [-0.25, -0.2) is 0 Å². The molecule has 0 radical (unpaired) electrons. The van der Waals surface area contributed by atoms with Crippen LogP contribution in [-0.4, -0.2) is 78.9 Å². The van der Waals surface area contributed by atoms with Gasteiger partial charge in [0.05, 0.1) is 18.8 Å². The zero-order valence-corrected chi connectivity index (χ0v) is 20.1. The third kappa shape index (κ3) is 3.64. The molecule has 0 aromatic heterocycles. The Morgan fingerprint density at radius 2 is 1.71 bits per heavy atom. The lowest BCUT2D eigenvalue weighted by molar-refractivity contribution is -0.143. The molecule has 2 aromatic carbocycles. The SMILES string of the molecule is CN1C(=O)C2(C(=C(O)c3ccc(Cl)cc3)C(=O)C(=O)N2CCCN2CCOCC2)c2ccccc21. The van der Waals surface area contributed by atoms with Gasteiger partial charge in [-0.3, -0.25) is 19.3 Å². The van der Waals surface area contributed by atoms with E-state index in [4.69, 9.17) is 16.3 Å². The molecule has 2 aromatic rings. The zero-order valence-electron chi connectivity index (χ0n) is 19.4. The number of para-hydroxylation sites is 1. The molecular formula is C26H26ClN3O5. The van der Waals surface area contributed by atoms with E-state index in [0.717, 1.165) is 13.1 Å². The summed E-state index contributed by atoms with van der Waals surface area (Å²) in [5.74, 6) is -2.50. The molecule has 0 aliphatic carbocycles. The van der Waals surface area contributed by atoms with Crippen molar-refractivity contribution >= 4 is 40.6 Å². The van der Waals surface area contributed by atoms with Crippen LogP contribution in [0.3, 0.4) is 0 Å². The van der Waals surface area contributed by atoms with Gasteiger partial charge in [0.15, 0.2) is 5.54 Å². The van der Waals surface area contributed by atoms with Gasteiger partial charge >= 0.3 is 0 Å². The van der Waals surface area contributed by atoms with Crippen molar-refractivity contribution < 1.29 is 24.2 Å². The minimum atomic E-state index is -1.73. The highest BCUT2D eigenvalue weighted by Gasteiger charge is 2.66. The average molecular weight is 496 g/mol. The lowest BCUT2D eigenvalue weighted by Crippen LogP contribution is -2.52. The number of ketones is 1. The minimum absolute atomic E-state index is 0.188. The lowest BCUT2D eigenvalue weighted by atomic mass is 9.82. The van der Waals surface area contributed by atoms with Crippen LogP contribution in [-0.2, 0) is 24.7 Å². The fraction of sp³-hybridized carbons (Fsp3) is 0.346. The quantitative estimate of drug-likeness (QED) is 0.389. The van der Waals surface area contributed by atoms with Crippen LogP contribution in [0.25, 0.3) is 5.76 Å². The second-order valence-electron chi connectivity index (χ2n) is 8.92. The van der Waals surface area contributed by atoms with Gasteiger partial charge in [-0.1, -0.05) is 29.8 Å². The van der Waals surface area contributed by atoms with Crippen molar-refractivity contribution in [1.82, 2.24) is 9.80 Å². The number of carbonyl (C=O) groups is 3. The van der Waals surface area contributed by atoms with Crippen LogP contribution in [0.2, 0.25) is 5.02 Å². The number of hydrogen-bond donors (Lipinski definition) is 1. The Bertz CT molecular complexity index is 1220. The van der Waals surface area contributed by atoms with Gasteiger partial charge in [0.25, 0.3) is 17.6 Å². The van der Waals surface area contributed by atoms with Crippen molar-refractivity contribution in [2.45, 2.75) is 12.0 Å². The predicted molar refractivity (Wildman–Crippen MR) is 131 cm³/mol. The molecule has 1 spiro atoms. The molecule has 182 valence electrons. The largest absolute Gasteiger partial charge is 0.507 e. The summed E-state index contributed by atoms with van der Waals surface area (Å²) >= 11 is 6.00. The monoisotopic (exact) mass is 495 g/mol. The van der Waals surface area contributed by atoms with Gasteiger partial charge < -0.3 is 19.6 Å². The van der Waals surface area contributed by atoms with Crippen LogP contribution >= 0.6 is 11.6 Å². The number of fused-ring (bicyclic) bond motifs is 2. The molecule has 2 amide bonds. The van der Waals surface area contributed by atoms with Crippen molar-refractivity contribution in [1.29, 1.82) is 0 Å². The zero-order chi connectivity index (χ0) is 24.7. The summed E-state index contributed by atoms with van der Waals surface area (Å²) in [5, 5.41) is 11.8. The Hall–Kier alpha value is -3.20. The number of benzene rings is 2.